The molecule has 3 aromatic heterocycles. The highest BCUT2D eigenvalue weighted by molar-refractivity contribution is 6.10. The molecule has 0 fully saturated rings. The number of aromatic amines is 1. The van der Waals surface area contributed by atoms with Crippen molar-refractivity contribution >= 4 is 10.9 Å². The average molecular weight is 475 g/mol. The number of pyridine rings is 1. The lowest BCUT2D eigenvalue weighted by Gasteiger charge is -2.23. The first kappa shape index (κ1) is 23.9. The van der Waals surface area contributed by atoms with Gasteiger partial charge in [0.05, 0.1) is 28.8 Å². The van der Waals surface area contributed by atoms with Crippen molar-refractivity contribution in [2.75, 3.05) is 0 Å². The molecule has 0 saturated carbocycles. The number of hydrogen-bond acceptors (Lipinski definition) is 3. The van der Waals surface area contributed by atoms with Crippen LogP contribution in [0.3, 0.4) is 0 Å². The predicted octanol–water partition coefficient (Wildman–Crippen LogP) is 8.22. The summed E-state index contributed by atoms with van der Waals surface area (Å²) in [4.78, 5) is 18.3. The molecule has 3 heterocycles. The Labute approximate surface area is 213 Å². The van der Waals surface area contributed by atoms with Gasteiger partial charge in [0.25, 0.3) is 0 Å². The van der Waals surface area contributed by atoms with E-state index in [1.54, 1.807) is 12.4 Å². The van der Waals surface area contributed by atoms with E-state index in [-0.39, 0.29) is 5.41 Å². The molecule has 5 aromatic rings. The van der Waals surface area contributed by atoms with Gasteiger partial charge in [-0.05, 0) is 31.4 Å². The molecule has 4 heteroatoms. The summed E-state index contributed by atoms with van der Waals surface area (Å²) in [5, 5.41) is 1.17. The van der Waals surface area contributed by atoms with Gasteiger partial charge in [-0.25, -0.2) is 0 Å². The van der Waals surface area contributed by atoms with E-state index in [1.807, 2.05) is 6.20 Å². The number of fused-ring (bicyclic) bond motifs is 1. The third-order valence-electron chi connectivity index (χ3n) is 6.72. The van der Waals surface area contributed by atoms with Gasteiger partial charge in [0.2, 0.25) is 0 Å². The van der Waals surface area contributed by atoms with Crippen molar-refractivity contribution in [2.45, 2.75) is 59.8 Å². The molecule has 5 rings (SSSR count). The van der Waals surface area contributed by atoms with E-state index in [2.05, 4.69) is 100 Å². The smallest absolute Gasteiger partial charge is 0.105 e. The Morgan fingerprint density at radius 2 is 1.42 bits per heavy atom. The van der Waals surface area contributed by atoms with Crippen molar-refractivity contribution in [1.82, 2.24) is 19.9 Å². The third kappa shape index (κ3) is 4.32. The first-order valence-corrected chi connectivity index (χ1v) is 12.8. The van der Waals surface area contributed by atoms with Crippen molar-refractivity contribution < 1.29 is 0 Å². The largest absolute Gasteiger partial charge is 0.352 e. The van der Waals surface area contributed by atoms with Crippen LogP contribution in [-0.4, -0.2) is 19.9 Å². The van der Waals surface area contributed by atoms with Gasteiger partial charge in [-0.2, -0.15) is 0 Å². The maximum atomic E-state index is 5.42. The van der Waals surface area contributed by atoms with Crippen LogP contribution in [0.5, 0.6) is 0 Å². The zero-order chi connectivity index (χ0) is 25.4. The normalized spacial score (nSPS) is 11.8. The summed E-state index contributed by atoms with van der Waals surface area (Å²) in [7, 11) is 0. The van der Waals surface area contributed by atoms with Gasteiger partial charge in [0, 0.05) is 34.3 Å². The topological polar surface area (TPSA) is 54.5 Å². The van der Waals surface area contributed by atoms with Crippen LogP contribution in [-0.2, 0) is 11.8 Å². The van der Waals surface area contributed by atoms with E-state index >= 15 is 0 Å². The lowest BCUT2D eigenvalue weighted by Crippen LogP contribution is -2.16. The Kier molecular flexibility index (Phi) is 6.21. The minimum absolute atomic E-state index is 0.145. The summed E-state index contributed by atoms with van der Waals surface area (Å²) in [5.41, 5.74) is 12.2. The highest BCUT2D eigenvalue weighted by Crippen LogP contribution is 2.46. The molecule has 0 amide bonds. The highest BCUT2D eigenvalue weighted by Gasteiger charge is 2.29. The summed E-state index contributed by atoms with van der Waals surface area (Å²) >= 11 is 0. The fraction of sp³-hybridized carbons (Fsp3) is 0.281. The van der Waals surface area contributed by atoms with Crippen LogP contribution in [0, 0.1) is 13.8 Å². The van der Waals surface area contributed by atoms with Gasteiger partial charge in [-0.1, -0.05) is 93.8 Å². The SMILES string of the molecule is CCCc1nc(C(C)(C)C)c2c(-c3ccc(C)cc3)c(-c3cnccn3)[nH]c2c1-c1ccc(C)cc1. The van der Waals surface area contributed by atoms with Crippen LogP contribution in [0.25, 0.3) is 44.5 Å². The van der Waals surface area contributed by atoms with E-state index in [4.69, 9.17) is 9.97 Å². The second-order valence-electron chi connectivity index (χ2n) is 10.7. The monoisotopic (exact) mass is 474 g/mol. The van der Waals surface area contributed by atoms with Gasteiger partial charge < -0.3 is 4.98 Å². The molecule has 0 unspecified atom stereocenters. The lowest BCUT2D eigenvalue weighted by molar-refractivity contribution is 0.572. The molecule has 4 nitrogen and oxygen atoms in total. The molecule has 0 atom stereocenters. The van der Waals surface area contributed by atoms with Crippen molar-refractivity contribution in [2.24, 2.45) is 0 Å². The number of rotatable bonds is 5. The van der Waals surface area contributed by atoms with Gasteiger partial charge in [0.1, 0.15) is 5.69 Å². The number of H-pyrrole nitrogens is 1. The van der Waals surface area contributed by atoms with Crippen molar-refractivity contribution in [1.29, 1.82) is 0 Å². The first-order chi connectivity index (χ1) is 17.3. The second kappa shape index (κ2) is 9.34. The Bertz CT molecular complexity index is 1500. The minimum atomic E-state index is -0.145. The molecule has 0 saturated heterocycles. The molecular formula is C32H34N4. The summed E-state index contributed by atoms with van der Waals surface area (Å²) in [6, 6.07) is 17.6. The second-order valence-corrected chi connectivity index (χ2v) is 10.7. The molecule has 0 bridgehead atoms. The Hall–Kier alpha value is -3.79. The third-order valence-corrected chi connectivity index (χ3v) is 6.72. The fourth-order valence-electron chi connectivity index (χ4n) is 4.94. The average Bonchev–Trinajstić information content (AvgIpc) is 3.25. The Balaban J connectivity index is 1.98. The summed E-state index contributed by atoms with van der Waals surface area (Å²) in [6.45, 7) is 13.2. The van der Waals surface area contributed by atoms with Crippen molar-refractivity contribution in [3.63, 3.8) is 0 Å². The Morgan fingerprint density at radius 1 is 0.806 bits per heavy atom. The summed E-state index contributed by atoms with van der Waals surface area (Å²) in [5.74, 6) is 0. The van der Waals surface area contributed by atoms with E-state index < -0.39 is 0 Å². The van der Waals surface area contributed by atoms with Gasteiger partial charge in [-0.15, -0.1) is 0 Å². The molecule has 2 aromatic carbocycles. The maximum absolute atomic E-state index is 5.42. The summed E-state index contributed by atoms with van der Waals surface area (Å²) < 4.78 is 0. The molecule has 36 heavy (non-hydrogen) atoms. The van der Waals surface area contributed by atoms with Crippen LogP contribution in [0.2, 0.25) is 0 Å². The standard InChI is InChI=1S/C32H34N4/c1-7-8-24-26(22-13-9-20(2)10-14-22)30-28(31(35-24)32(4,5)6)27(23-15-11-21(3)12-16-23)29(36-30)25-19-33-17-18-34-25/h9-19,36H,7-8H2,1-6H3. The van der Waals surface area contributed by atoms with E-state index in [9.17, 15) is 0 Å². The lowest BCUT2D eigenvalue weighted by atomic mass is 9.84. The van der Waals surface area contributed by atoms with Crippen LogP contribution in [0.1, 0.15) is 56.6 Å². The fourth-order valence-corrected chi connectivity index (χ4v) is 4.94. The van der Waals surface area contributed by atoms with Crippen LogP contribution in [0.15, 0.2) is 67.1 Å². The number of aromatic nitrogens is 4. The number of aryl methyl sites for hydroxylation is 3. The molecule has 0 aliphatic heterocycles. The molecular weight excluding hydrogens is 440 g/mol. The molecule has 0 aliphatic carbocycles. The number of benzene rings is 2. The van der Waals surface area contributed by atoms with Crippen LogP contribution >= 0.6 is 0 Å². The zero-order valence-corrected chi connectivity index (χ0v) is 22.1. The van der Waals surface area contributed by atoms with Crippen molar-refractivity contribution in [3.8, 4) is 33.6 Å². The molecule has 0 radical (unpaired) electrons. The van der Waals surface area contributed by atoms with E-state index in [0.717, 1.165) is 52.3 Å². The Morgan fingerprint density at radius 3 is 1.94 bits per heavy atom. The molecule has 1 N–H and O–H groups in total. The highest BCUT2D eigenvalue weighted by atomic mass is 14.9. The number of nitrogens with zero attached hydrogens (tertiary/aromatic N) is 3. The predicted molar refractivity (Wildman–Crippen MR) is 150 cm³/mol. The first-order valence-electron chi connectivity index (χ1n) is 12.8. The zero-order valence-electron chi connectivity index (χ0n) is 22.1. The molecule has 0 spiro atoms. The molecule has 0 aliphatic rings. The van der Waals surface area contributed by atoms with E-state index in [1.165, 1.54) is 27.6 Å². The maximum Gasteiger partial charge on any atom is 0.105 e. The van der Waals surface area contributed by atoms with Gasteiger partial charge >= 0.3 is 0 Å². The number of hydrogen-bond donors (Lipinski definition) is 1. The number of nitrogens with one attached hydrogen (secondary N) is 1. The van der Waals surface area contributed by atoms with Crippen LogP contribution < -0.4 is 0 Å². The van der Waals surface area contributed by atoms with E-state index in [0.29, 0.717) is 0 Å². The summed E-state index contributed by atoms with van der Waals surface area (Å²) in [6.07, 6.45) is 7.26. The quantitative estimate of drug-likeness (QED) is 0.279. The van der Waals surface area contributed by atoms with Gasteiger partial charge in [-0.3, -0.25) is 15.0 Å². The van der Waals surface area contributed by atoms with Crippen LogP contribution in [0.4, 0.5) is 0 Å². The minimum Gasteiger partial charge on any atom is -0.352 e. The molecule has 182 valence electrons. The van der Waals surface area contributed by atoms with Gasteiger partial charge in [0.15, 0.2) is 0 Å². The van der Waals surface area contributed by atoms with Crippen molar-refractivity contribution in [3.05, 3.63) is 89.6 Å².